The quantitative estimate of drug-likeness (QED) is 0.308. The molecule has 8 nitrogen and oxygen atoms in total. The fourth-order valence-corrected chi connectivity index (χ4v) is 4.53. The zero-order valence-electron chi connectivity index (χ0n) is 18.3. The molecule has 1 fully saturated rings. The highest BCUT2D eigenvalue weighted by Gasteiger charge is 2.40. The predicted molar refractivity (Wildman–Crippen MR) is 120 cm³/mol. The summed E-state index contributed by atoms with van der Waals surface area (Å²) in [6, 6.07) is 5.57. The van der Waals surface area contributed by atoms with E-state index in [0.717, 1.165) is 11.0 Å². The molecule has 0 bridgehead atoms. The highest BCUT2D eigenvalue weighted by molar-refractivity contribution is 8.00. The van der Waals surface area contributed by atoms with Crippen molar-refractivity contribution in [2.24, 2.45) is 0 Å². The zero-order chi connectivity index (χ0) is 25.3. The number of nitrogens with zero attached hydrogens (tertiary/aromatic N) is 4. The zero-order valence-corrected chi connectivity index (χ0v) is 19.1. The number of halogens is 4. The second kappa shape index (κ2) is 9.64. The van der Waals surface area contributed by atoms with E-state index in [1.54, 1.807) is 6.07 Å². The molecule has 1 saturated heterocycles. The van der Waals surface area contributed by atoms with Crippen LogP contribution in [-0.2, 0) is 16.1 Å². The van der Waals surface area contributed by atoms with Gasteiger partial charge in [-0.1, -0.05) is 6.07 Å². The van der Waals surface area contributed by atoms with Gasteiger partial charge in [-0.15, -0.1) is 0 Å². The number of amides is 2. The van der Waals surface area contributed by atoms with Gasteiger partial charge in [-0.2, -0.15) is 18.3 Å². The van der Waals surface area contributed by atoms with Crippen molar-refractivity contribution in [1.82, 2.24) is 19.7 Å². The standard InChI is InChI=1S/C22H19F4N5O3S/c1-12(32)20-16-5-6-27-9-18(16)31(29-20)11-19(33)30-10-13(23)7-17(30)21(34)28-14-3-2-4-15(8-14)35-22(24,25)26/h2-6,8-9,13,17H,7,10-11H2,1H3,(H,28,34)/t13-,17+/m1/s1. The lowest BCUT2D eigenvalue weighted by molar-refractivity contribution is -0.137. The van der Waals surface area contributed by atoms with Crippen LogP contribution >= 0.6 is 11.8 Å². The number of thioether (sulfide) groups is 1. The number of fused-ring (bicyclic) bond motifs is 1. The van der Waals surface area contributed by atoms with Crippen LogP contribution in [-0.4, -0.2) is 61.5 Å². The Bertz CT molecular complexity index is 1300. The van der Waals surface area contributed by atoms with Crippen LogP contribution < -0.4 is 5.32 Å². The average molecular weight is 509 g/mol. The van der Waals surface area contributed by atoms with Crippen molar-refractivity contribution in [3.63, 3.8) is 0 Å². The largest absolute Gasteiger partial charge is 0.446 e. The number of aromatic nitrogens is 3. The van der Waals surface area contributed by atoms with Gasteiger partial charge in [0.25, 0.3) is 0 Å². The Labute approximate surface area is 200 Å². The lowest BCUT2D eigenvalue weighted by Crippen LogP contribution is -2.44. The molecule has 35 heavy (non-hydrogen) atoms. The average Bonchev–Trinajstić information content (AvgIpc) is 3.34. The summed E-state index contributed by atoms with van der Waals surface area (Å²) in [4.78, 5) is 42.8. The van der Waals surface area contributed by atoms with Crippen LogP contribution in [0.4, 0.5) is 23.2 Å². The topological polar surface area (TPSA) is 97.2 Å². The molecule has 1 aliphatic rings. The summed E-state index contributed by atoms with van der Waals surface area (Å²) in [5, 5.41) is 7.17. The van der Waals surface area contributed by atoms with E-state index < -0.39 is 29.5 Å². The van der Waals surface area contributed by atoms with Crippen molar-refractivity contribution >= 4 is 45.9 Å². The molecule has 2 aromatic heterocycles. The molecule has 4 rings (SSSR count). The molecular formula is C22H19F4N5O3S. The minimum absolute atomic E-state index is 0.0919. The van der Waals surface area contributed by atoms with E-state index in [9.17, 15) is 31.9 Å². The minimum Gasteiger partial charge on any atom is -0.326 e. The van der Waals surface area contributed by atoms with Gasteiger partial charge in [0.1, 0.15) is 24.5 Å². The Morgan fingerprint density at radius 2 is 2.00 bits per heavy atom. The SMILES string of the molecule is CC(=O)c1nn(CC(=O)N2C[C@H](F)C[C@H]2C(=O)Nc2cccc(SC(F)(F)F)c2)c2cnccc12. The fourth-order valence-electron chi connectivity index (χ4n) is 3.93. The number of ketones is 1. The van der Waals surface area contributed by atoms with Gasteiger partial charge in [-0.3, -0.25) is 24.0 Å². The van der Waals surface area contributed by atoms with Gasteiger partial charge in [0.15, 0.2) is 5.78 Å². The molecule has 13 heteroatoms. The third kappa shape index (κ3) is 5.61. The number of carbonyl (C=O) groups is 3. The number of likely N-dealkylation sites (tertiary alicyclic amines) is 1. The van der Waals surface area contributed by atoms with E-state index >= 15 is 0 Å². The molecule has 0 unspecified atom stereocenters. The molecular weight excluding hydrogens is 490 g/mol. The summed E-state index contributed by atoms with van der Waals surface area (Å²) in [5.74, 6) is -1.63. The third-order valence-corrected chi connectivity index (χ3v) is 6.10. The van der Waals surface area contributed by atoms with Crippen molar-refractivity contribution in [3.8, 4) is 0 Å². The summed E-state index contributed by atoms with van der Waals surface area (Å²) in [6.07, 6.45) is 1.22. The smallest absolute Gasteiger partial charge is 0.326 e. The monoisotopic (exact) mass is 509 g/mol. The number of hydrogen-bond donors (Lipinski definition) is 1. The molecule has 184 valence electrons. The highest BCUT2D eigenvalue weighted by Crippen LogP contribution is 2.37. The van der Waals surface area contributed by atoms with Crippen molar-refractivity contribution in [2.75, 3.05) is 11.9 Å². The van der Waals surface area contributed by atoms with E-state index in [2.05, 4.69) is 15.4 Å². The first kappa shape index (κ1) is 24.6. The number of alkyl halides is 4. The van der Waals surface area contributed by atoms with Crippen LogP contribution in [0.2, 0.25) is 0 Å². The normalized spacial score (nSPS) is 18.1. The van der Waals surface area contributed by atoms with Crippen LogP contribution in [0.25, 0.3) is 10.9 Å². The number of Topliss-reactive ketones (excluding diaryl/α,β-unsaturated/α-hetero) is 1. The minimum atomic E-state index is -4.49. The number of nitrogens with one attached hydrogen (secondary N) is 1. The Morgan fingerprint density at radius 3 is 2.71 bits per heavy atom. The van der Waals surface area contributed by atoms with E-state index in [1.165, 1.54) is 42.2 Å². The lowest BCUT2D eigenvalue weighted by Gasteiger charge is -2.24. The highest BCUT2D eigenvalue weighted by atomic mass is 32.2. The Balaban J connectivity index is 1.51. The second-order valence-corrected chi connectivity index (χ2v) is 9.05. The molecule has 2 atom stereocenters. The van der Waals surface area contributed by atoms with Crippen molar-refractivity contribution in [2.45, 2.75) is 42.5 Å². The third-order valence-electron chi connectivity index (χ3n) is 5.38. The second-order valence-electron chi connectivity index (χ2n) is 7.92. The van der Waals surface area contributed by atoms with Crippen LogP contribution in [0.5, 0.6) is 0 Å². The van der Waals surface area contributed by atoms with E-state index in [-0.39, 0.29) is 53.3 Å². The van der Waals surface area contributed by atoms with Crippen LogP contribution in [0, 0.1) is 0 Å². The molecule has 0 radical (unpaired) electrons. The van der Waals surface area contributed by atoms with Gasteiger partial charge in [0.05, 0.1) is 18.3 Å². The number of rotatable bonds is 6. The van der Waals surface area contributed by atoms with Gasteiger partial charge >= 0.3 is 5.51 Å². The van der Waals surface area contributed by atoms with Crippen LogP contribution in [0.1, 0.15) is 23.8 Å². The number of pyridine rings is 1. The fraction of sp³-hybridized carbons (Fsp3) is 0.318. The van der Waals surface area contributed by atoms with Gasteiger partial charge in [-0.25, -0.2) is 4.39 Å². The number of hydrogen-bond acceptors (Lipinski definition) is 6. The summed E-state index contributed by atoms with van der Waals surface area (Å²) in [7, 11) is 0. The Kier molecular flexibility index (Phi) is 6.79. The number of benzene rings is 1. The first-order valence-corrected chi connectivity index (χ1v) is 11.2. The maximum Gasteiger partial charge on any atom is 0.446 e. The summed E-state index contributed by atoms with van der Waals surface area (Å²) in [5.41, 5.74) is -3.81. The van der Waals surface area contributed by atoms with E-state index in [0.29, 0.717) is 10.9 Å². The predicted octanol–water partition coefficient (Wildman–Crippen LogP) is 3.82. The van der Waals surface area contributed by atoms with Gasteiger partial charge in [0, 0.05) is 35.5 Å². The lowest BCUT2D eigenvalue weighted by atomic mass is 10.2. The van der Waals surface area contributed by atoms with Gasteiger partial charge in [0.2, 0.25) is 11.8 Å². The van der Waals surface area contributed by atoms with Crippen LogP contribution in [0.3, 0.4) is 0 Å². The molecule has 3 aromatic rings. The molecule has 1 aromatic carbocycles. The van der Waals surface area contributed by atoms with Crippen molar-refractivity contribution in [1.29, 1.82) is 0 Å². The molecule has 0 spiro atoms. The van der Waals surface area contributed by atoms with Crippen molar-refractivity contribution in [3.05, 3.63) is 48.4 Å². The maximum atomic E-state index is 14.3. The van der Waals surface area contributed by atoms with Crippen molar-refractivity contribution < 1.29 is 31.9 Å². The maximum absolute atomic E-state index is 14.3. The van der Waals surface area contributed by atoms with E-state index in [4.69, 9.17) is 0 Å². The van der Waals surface area contributed by atoms with Gasteiger partial charge < -0.3 is 10.2 Å². The first-order chi connectivity index (χ1) is 16.5. The summed E-state index contributed by atoms with van der Waals surface area (Å²) < 4.78 is 53.5. The molecule has 2 amide bonds. The molecule has 0 aliphatic carbocycles. The Hall–Kier alpha value is -3.48. The van der Waals surface area contributed by atoms with E-state index in [1.807, 2.05) is 0 Å². The molecule has 0 saturated carbocycles. The first-order valence-electron chi connectivity index (χ1n) is 10.4. The molecule has 1 N–H and O–H groups in total. The number of anilines is 1. The summed E-state index contributed by atoms with van der Waals surface area (Å²) in [6.45, 7) is 0.659. The summed E-state index contributed by atoms with van der Waals surface area (Å²) >= 11 is -0.328. The molecule has 1 aliphatic heterocycles. The van der Waals surface area contributed by atoms with Gasteiger partial charge in [-0.05, 0) is 36.0 Å². The van der Waals surface area contributed by atoms with Crippen LogP contribution in [0.15, 0.2) is 47.6 Å². The number of carbonyl (C=O) groups excluding carboxylic acids is 3. The molecule has 3 heterocycles. The Morgan fingerprint density at radius 1 is 1.23 bits per heavy atom.